The average Bonchev–Trinajstić information content (AvgIpc) is 2.39. The number of pyridine rings is 1. The molecule has 0 amide bonds. The molecule has 3 heteroatoms. The highest BCUT2D eigenvalue weighted by atomic mass is 16.5. The summed E-state index contributed by atoms with van der Waals surface area (Å²) in [6, 6.07) is 13.9. The summed E-state index contributed by atoms with van der Waals surface area (Å²) in [5.74, 6) is 0.813. The van der Waals surface area contributed by atoms with Crippen molar-refractivity contribution in [1.82, 2.24) is 0 Å². The fourth-order valence-electron chi connectivity index (χ4n) is 2.10. The van der Waals surface area contributed by atoms with Gasteiger partial charge in [-0.15, -0.1) is 0 Å². The Kier molecular flexibility index (Phi) is 2.11. The van der Waals surface area contributed by atoms with Crippen molar-refractivity contribution >= 4 is 27.5 Å². The standard InChI is InChI=1S/C14H12N2O/c1-17-9-6-7-13-11(8-9)14(15)10-4-2-3-5-12(10)16-13/h2-8H,1H3,(H2,15,16)/p+1. The fourth-order valence-corrected chi connectivity index (χ4v) is 2.10. The van der Waals surface area contributed by atoms with Gasteiger partial charge >= 0.3 is 0 Å². The first-order chi connectivity index (χ1) is 8.29. The number of anilines is 1. The number of nitrogens with two attached hydrogens (primary N) is 1. The summed E-state index contributed by atoms with van der Waals surface area (Å²) in [7, 11) is 1.65. The third-order valence-electron chi connectivity index (χ3n) is 3.00. The van der Waals surface area contributed by atoms with Gasteiger partial charge in [0.15, 0.2) is 0 Å². The Hall–Kier alpha value is -2.29. The molecule has 3 nitrogen and oxygen atoms in total. The monoisotopic (exact) mass is 225 g/mol. The van der Waals surface area contributed by atoms with Crippen LogP contribution in [0.2, 0.25) is 0 Å². The van der Waals surface area contributed by atoms with Crippen molar-refractivity contribution in [3.05, 3.63) is 42.5 Å². The van der Waals surface area contributed by atoms with Crippen LogP contribution in [0, 0.1) is 0 Å². The molecule has 0 aliphatic carbocycles. The van der Waals surface area contributed by atoms with Crippen LogP contribution in [0.3, 0.4) is 0 Å². The van der Waals surface area contributed by atoms with Crippen LogP contribution in [-0.2, 0) is 0 Å². The van der Waals surface area contributed by atoms with Crippen molar-refractivity contribution in [1.29, 1.82) is 0 Å². The molecule has 3 aromatic rings. The van der Waals surface area contributed by atoms with Crippen LogP contribution < -0.4 is 15.5 Å². The van der Waals surface area contributed by atoms with Gasteiger partial charge in [0.1, 0.15) is 5.75 Å². The number of H-pyrrole nitrogens is 1. The molecular formula is C14H13N2O+. The number of aromatic nitrogens is 1. The number of benzene rings is 2. The van der Waals surface area contributed by atoms with Gasteiger partial charge in [0.25, 0.3) is 0 Å². The van der Waals surface area contributed by atoms with E-state index in [1.807, 2.05) is 42.5 Å². The van der Waals surface area contributed by atoms with Gasteiger partial charge in [-0.1, -0.05) is 12.1 Å². The van der Waals surface area contributed by atoms with Crippen molar-refractivity contribution in [2.75, 3.05) is 12.8 Å². The number of nitrogen functional groups attached to an aromatic ring is 1. The topological polar surface area (TPSA) is 49.4 Å². The van der Waals surface area contributed by atoms with Crippen LogP contribution in [0.4, 0.5) is 5.69 Å². The van der Waals surface area contributed by atoms with Gasteiger partial charge in [-0.25, -0.2) is 4.98 Å². The number of hydrogen-bond acceptors (Lipinski definition) is 2. The summed E-state index contributed by atoms with van der Waals surface area (Å²) in [6.45, 7) is 0. The second kappa shape index (κ2) is 3.63. The van der Waals surface area contributed by atoms with Gasteiger partial charge in [-0.05, 0) is 18.2 Å². The van der Waals surface area contributed by atoms with E-state index < -0.39 is 0 Å². The van der Waals surface area contributed by atoms with Gasteiger partial charge in [0.2, 0.25) is 11.0 Å². The van der Waals surface area contributed by atoms with Crippen molar-refractivity contribution in [3.63, 3.8) is 0 Å². The molecule has 0 spiro atoms. The fraction of sp³-hybridized carbons (Fsp3) is 0.0714. The third kappa shape index (κ3) is 1.47. The van der Waals surface area contributed by atoms with Crippen molar-refractivity contribution in [2.24, 2.45) is 0 Å². The average molecular weight is 225 g/mol. The zero-order chi connectivity index (χ0) is 11.8. The molecule has 3 rings (SSSR count). The maximum Gasteiger partial charge on any atom is 0.213 e. The number of methoxy groups -OCH3 is 1. The molecule has 1 heterocycles. The second-order valence-corrected chi connectivity index (χ2v) is 4.00. The molecule has 0 bridgehead atoms. The lowest BCUT2D eigenvalue weighted by Gasteiger charge is -2.04. The molecule has 3 N–H and O–H groups in total. The lowest BCUT2D eigenvalue weighted by molar-refractivity contribution is -0.310. The van der Waals surface area contributed by atoms with Crippen LogP contribution in [0.15, 0.2) is 42.5 Å². The molecule has 0 aliphatic rings. The molecule has 0 unspecified atom stereocenters. The van der Waals surface area contributed by atoms with E-state index in [-0.39, 0.29) is 0 Å². The van der Waals surface area contributed by atoms with Crippen molar-refractivity contribution in [2.45, 2.75) is 0 Å². The molecule has 1 aromatic heterocycles. The molecule has 0 saturated heterocycles. The molecule has 17 heavy (non-hydrogen) atoms. The minimum absolute atomic E-state index is 0.785. The van der Waals surface area contributed by atoms with E-state index in [2.05, 4.69) is 4.98 Å². The van der Waals surface area contributed by atoms with Gasteiger partial charge in [-0.2, -0.15) is 0 Å². The predicted molar refractivity (Wildman–Crippen MR) is 69.0 cm³/mol. The van der Waals surface area contributed by atoms with E-state index >= 15 is 0 Å². The lowest BCUT2D eigenvalue weighted by Crippen LogP contribution is -2.07. The summed E-state index contributed by atoms with van der Waals surface area (Å²) >= 11 is 0. The second-order valence-electron chi connectivity index (χ2n) is 4.00. The van der Waals surface area contributed by atoms with Crippen LogP contribution in [0.25, 0.3) is 21.8 Å². The molecule has 0 aliphatic heterocycles. The van der Waals surface area contributed by atoms with E-state index in [1.165, 1.54) is 0 Å². The smallest absolute Gasteiger partial charge is 0.213 e. The number of fused-ring (bicyclic) bond motifs is 2. The highest BCUT2D eigenvalue weighted by Gasteiger charge is 2.11. The maximum atomic E-state index is 6.20. The van der Waals surface area contributed by atoms with Crippen LogP contribution in [-0.4, -0.2) is 7.11 Å². The summed E-state index contributed by atoms with van der Waals surface area (Å²) in [5.41, 5.74) is 9.05. The summed E-state index contributed by atoms with van der Waals surface area (Å²) in [4.78, 5) is 3.37. The molecule has 0 atom stereocenters. The molecule has 0 saturated carbocycles. The van der Waals surface area contributed by atoms with Crippen LogP contribution in [0.5, 0.6) is 5.75 Å². The zero-order valence-electron chi connectivity index (χ0n) is 9.53. The molecular weight excluding hydrogens is 212 g/mol. The van der Waals surface area contributed by atoms with E-state index in [0.29, 0.717) is 0 Å². The number of para-hydroxylation sites is 1. The van der Waals surface area contributed by atoms with E-state index in [0.717, 1.165) is 33.2 Å². The van der Waals surface area contributed by atoms with E-state index in [9.17, 15) is 0 Å². The Labute approximate surface area is 98.8 Å². The summed E-state index contributed by atoms with van der Waals surface area (Å²) in [6.07, 6.45) is 0. The SMILES string of the molecule is COc1ccc2[nH+]c3ccccc3c(N)c2c1. The number of aromatic amines is 1. The Morgan fingerprint density at radius 3 is 2.59 bits per heavy atom. The largest absolute Gasteiger partial charge is 0.497 e. The molecule has 84 valence electrons. The minimum atomic E-state index is 0.785. The number of hydrogen-bond donors (Lipinski definition) is 1. The zero-order valence-corrected chi connectivity index (χ0v) is 9.53. The third-order valence-corrected chi connectivity index (χ3v) is 3.00. The highest BCUT2D eigenvalue weighted by molar-refractivity contribution is 6.03. The molecule has 0 radical (unpaired) electrons. The molecule has 0 fully saturated rings. The van der Waals surface area contributed by atoms with E-state index in [1.54, 1.807) is 7.11 Å². The minimum Gasteiger partial charge on any atom is -0.497 e. The number of rotatable bonds is 1. The lowest BCUT2D eigenvalue weighted by atomic mass is 10.1. The van der Waals surface area contributed by atoms with Crippen LogP contribution in [0.1, 0.15) is 0 Å². The van der Waals surface area contributed by atoms with Gasteiger partial charge < -0.3 is 10.5 Å². The first kappa shape index (κ1) is 9.90. The summed E-state index contributed by atoms with van der Waals surface area (Å²) < 4.78 is 5.22. The Morgan fingerprint density at radius 1 is 1.00 bits per heavy atom. The number of ether oxygens (including phenoxy) is 1. The first-order valence-electron chi connectivity index (χ1n) is 5.47. The highest BCUT2D eigenvalue weighted by Crippen LogP contribution is 2.28. The molecule has 2 aromatic carbocycles. The van der Waals surface area contributed by atoms with Gasteiger partial charge in [-0.3, -0.25) is 0 Å². The predicted octanol–water partition coefficient (Wildman–Crippen LogP) is 2.40. The maximum absolute atomic E-state index is 6.20. The first-order valence-corrected chi connectivity index (χ1v) is 5.47. The van der Waals surface area contributed by atoms with Crippen molar-refractivity contribution < 1.29 is 9.72 Å². The Bertz CT molecular complexity index is 707. The Morgan fingerprint density at radius 2 is 1.76 bits per heavy atom. The van der Waals surface area contributed by atoms with Crippen molar-refractivity contribution in [3.8, 4) is 5.75 Å². The van der Waals surface area contributed by atoms with Crippen LogP contribution >= 0.6 is 0 Å². The number of nitrogens with one attached hydrogen (secondary N) is 1. The van der Waals surface area contributed by atoms with Gasteiger partial charge in [0, 0.05) is 12.1 Å². The quantitative estimate of drug-likeness (QED) is 0.646. The van der Waals surface area contributed by atoms with E-state index in [4.69, 9.17) is 10.5 Å². The van der Waals surface area contributed by atoms with Gasteiger partial charge in [0.05, 0.1) is 23.6 Å². The normalized spacial score (nSPS) is 10.9. The Balaban J connectivity index is 2.46. The summed E-state index contributed by atoms with van der Waals surface area (Å²) in [5, 5.41) is 2.02.